The number of carbonyl (C=O) groups is 1. The summed E-state index contributed by atoms with van der Waals surface area (Å²) in [4.78, 5) is 12.3. The molecule has 1 amide bonds. The van der Waals surface area contributed by atoms with Gasteiger partial charge in [-0.25, -0.2) is 0 Å². The summed E-state index contributed by atoms with van der Waals surface area (Å²) in [6.07, 6.45) is 9.57. The predicted molar refractivity (Wildman–Crippen MR) is 83.5 cm³/mol. The number of nitrogens with zero attached hydrogens (tertiary/aromatic N) is 2. The molecule has 0 aliphatic heterocycles. The molecule has 0 aromatic carbocycles. The molecule has 1 aliphatic carbocycles. The van der Waals surface area contributed by atoms with Crippen LogP contribution in [0.1, 0.15) is 50.5 Å². The van der Waals surface area contributed by atoms with Crippen molar-refractivity contribution in [2.24, 2.45) is 18.7 Å². The summed E-state index contributed by atoms with van der Waals surface area (Å²) < 4.78 is 1.59. The Morgan fingerprint density at radius 3 is 2.85 bits per heavy atom. The van der Waals surface area contributed by atoms with E-state index in [1.165, 1.54) is 32.1 Å². The van der Waals surface area contributed by atoms with Crippen molar-refractivity contribution in [1.82, 2.24) is 9.78 Å². The fraction of sp³-hybridized carbons (Fsp3) is 0.643. The molecular weight excluding hydrogens is 272 g/mol. The zero-order valence-corrected chi connectivity index (χ0v) is 12.7. The number of nitrogens with two attached hydrogens (primary N) is 1. The van der Waals surface area contributed by atoms with Gasteiger partial charge in [-0.2, -0.15) is 5.10 Å². The highest BCUT2D eigenvalue weighted by Crippen LogP contribution is 2.27. The average Bonchev–Trinajstić information content (AvgIpc) is 2.79. The lowest BCUT2D eigenvalue weighted by atomic mass is 9.86. The van der Waals surface area contributed by atoms with Gasteiger partial charge in [0.2, 0.25) is 5.91 Å². The molecule has 5 nitrogen and oxygen atoms in total. The van der Waals surface area contributed by atoms with Gasteiger partial charge < -0.3 is 11.1 Å². The number of thiocarbonyl (C=S) groups is 1. The number of hydrogen-bond donors (Lipinski definition) is 2. The molecule has 0 bridgehead atoms. The Morgan fingerprint density at radius 1 is 1.50 bits per heavy atom. The Labute approximate surface area is 124 Å². The van der Waals surface area contributed by atoms with Crippen molar-refractivity contribution in [3.63, 3.8) is 0 Å². The van der Waals surface area contributed by atoms with E-state index in [0.717, 1.165) is 6.42 Å². The molecule has 1 aromatic rings. The maximum absolute atomic E-state index is 12.0. The van der Waals surface area contributed by atoms with E-state index in [-0.39, 0.29) is 10.9 Å². The second-order valence-corrected chi connectivity index (χ2v) is 5.93. The van der Waals surface area contributed by atoms with Gasteiger partial charge in [-0.3, -0.25) is 9.48 Å². The molecule has 1 fully saturated rings. The van der Waals surface area contributed by atoms with Gasteiger partial charge in [0, 0.05) is 13.5 Å². The van der Waals surface area contributed by atoms with Crippen molar-refractivity contribution in [2.75, 3.05) is 5.32 Å². The first-order valence-corrected chi connectivity index (χ1v) is 7.60. The molecule has 110 valence electrons. The third-order valence-electron chi connectivity index (χ3n) is 3.97. The van der Waals surface area contributed by atoms with Gasteiger partial charge in [0.1, 0.15) is 10.8 Å². The molecule has 0 spiro atoms. The molecular formula is C14H22N4OS. The van der Waals surface area contributed by atoms with Gasteiger partial charge in [0.25, 0.3) is 0 Å². The Hall–Kier alpha value is -1.43. The number of amides is 1. The van der Waals surface area contributed by atoms with Crippen molar-refractivity contribution in [3.8, 4) is 0 Å². The molecule has 1 saturated carbocycles. The lowest BCUT2D eigenvalue weighted by Gasteiger charge is -2.21. The fourth-order valence-corrected chi connectivity index (χ4v) is 2.92. The largest absolute Gasteiger partial charge is 0.389 e. The van der Waals surface area contributed by atoms with Gasteiger partial charge in [-0.1, -0.05) is 44.3 Å². The summed E-state index contributed by atoms with van der Waals surface area (Å²) in [6, 6.07) is 0. The molecule has 6 heteroatoms. The van der Waals surface area contributed by atoms with E-state index in [9.17, 15) is 4.79 Å². The highest BCUT2D eigenvalue weighted by atomic mass is 32.1. The molecule has 20 heavy (non-hydrogen) atoms. The van der Waals surface area contributed by atoms with Crippen LogP contribution in [0, 0.1) is 5.92 Å². The molecule has 1 heterocycles. The molecule has 0 radical (unpaired) electrons. The monoisotopic (exact) mass is 294 g/mol. The van der Waals surface area contributed by atoms with Crippen LogP contribution in [0.15, 0.2) is 6.20 Å². The van der Waals surface area contributed by atoms with Crippen molar-refractivity contribution < 1.29 is 4.79 Å². The first-order valence-electron chi connectivity index (χ1n) is 7.19. The summed E-state index contributed by atoms with van der Waals surface area (Å²) in [5, 5.41) is 6.95. The Balaban J connectivity index is 1.88. The third kappa shape index (κ3) is 3.79. The van der Waals surface area contributed by atoms with Crippen molar-refractivity contribution in [3.05, 3.63) is 11.8 Å². The second kappa shape index (κ2) is 6.83. The Kier molecular flexibility index (Phi) is 5.11. The van der Waals surface area contributed by atoms with Crippen molar-refractivity contribution in [2.45, 2.75) is 44.9 Å². The number of aromatic nitrogens is 2. The van der Waals surface area contributed by atoms with E-state index in [0.29, 0.717) is 23.7 Å². The normalized spacial score (nSPS) is 16.1. The third-order valence-corrected chi connectivity index (χ3v) is 4.19. The lowest BCUT2D eigenvalue weighted by molar-refractivity contribution is -0.116. The molecule has 0 unspecified atom stereocenters. The molecule has 0 saturated heterocycles. The van der Waals surface area contributed by atoms with E-state index < -0.39 is 0 Å². The van der Waals surface area contributed by atoms with Gasteiger partial charge in [0.15, 0.2) is 0 Å². The standard InChI is InChI=1S/C14H22N4OS/c1-18-14(11(9-16-18)13(15)20)17-12(19)8-7-10-5-3-2-4-6-10/h9-10H,2-8H2,1H3,(H2,15,20)(H,17,19). The summed E-state index contributed by atoms with van der Waals surface area (Å²) in [6.45, 7) is 0. The average molecular weight is 294 g/mol. The summed E-state index contributed by atoms with van der Waals surface area (Å²) in [7, 11) is 1.76. The SMILES string of the molecule is Cn1ncc(C(N)=S)c1NC(=O)CCC1CCCCC1. The zero-order chi connectivity index (χ0) is 14.5. The van der Waals surface area contributed by atoms with E-state index >= 15 is 0 Å². The first kappa shape index (κ1) is 15.0. The Morgan fingerprint density at radius 2 is 2.20 bits per heavy atom. The van der Waals surface area contributed by atoms with Crippen LogP contribution in [0.2, 0.25) is 0 Å². The van der Waals surface area contributed by atoms with Gasteiger partial charge >= 0.3 is 0 Å². The summed E-state index contributed by atoms with van der Waals surface area (Å²) in [5.74, 6) is 1.30. The van der Waals surface area contributed by atoms with E-state index in [1.54, 1.807) is 17.9 Å². The number of rotatable bonds is 5. The Bertz CT molecular complexity index is 491. The highest BCUT2D eigenvalue weighted by Gasteiger charge is 2.17. The minimum Gasteiger partial charge on any atom is -0.389 e. The topological polar surface area (TPSA) is 72.9 Å². The first-order chi connectivity index (χ1) is 9.58. The minimum absolute atomic E-state index is 0.0108. The number of nitrogens with one attached hydrogen (secondary N) is 1. The number of aryl methyl sites for hydroxylation is 1. The smallest absolute Gasteiger partial charge is 0.225 e. The lowest BCUT2D eigenvalue weighted by Crippen LogP contribution is -2.19. The maximum atomic E-state index is 12.0. The number of hydrogen-bond acceptors (Lipinski definition) is 3. The van der Waals surface area contributed by atoms with Crippen LogP contribution in [0.5, 0.6) is 0 Å². The van der Waals surface area contributed by atoms with Crippen LogP contribution in [-0.4, -0.2) is 20.7 Å². The predicted octanol–water partition coefficient (Wildman–Crippen LogP) is 2.35. The quantitative estimate of drug-likeness (QED) is 0.818. The minimum atomic E-state index is 0.0108. The van der Waals surface area contributed by atoms with Crippen LogP contribution in [-0.2, 0) is 11.8 Å². The van der Waals surface area contributed by atoms with Gasteiger partial charge in [0.05, 0.1) is 11.8 Å². The van der Waals surface area contributed by atoms with Crippen molar-refractivity contribution >= 4 is 28.9 Å². The van der Waals surface area contributed by atoms with Crippen LogP contribution in [0.25, 0.3) is 0 Å². The zero-order valence-electron chi connectivity index (χ0n) is 11.9. The van der Waals surface area contributed by atoms with Crippen LogP contribution < -0.4 is 11.1 Å². The van der Waals surface area contributed by atoms with Gasteiger partial charge in [-0.05, 0) is 12.3 Å². The summed E-state index contributed by atoms with van der Waals surface area (Å²) in [5.41, 5.74) is 6.24. The molecule has 0 atom stereocenters. The van der Waals surface area contributed by atoms with Crippen LogP contribution >= 0.6 is 12.2 Å². The highest BCUT2D eigenvalue weighted by molar-refractivity contribution is 7.80. The number of anilines is 1. The molecule has 2 rings (SSSR count). The fourth-order valence-electron chi connectivity index (χ4n) is 2.77. The van der Waals surface area contributed by atoms with E-state index in [4.69, 9.17) is 18.0 Å². The van der Waals surface area contributed by atoms with Crippen LogP contribution in [0.4, 0.5) is 5.82 Å². The molecule has 1 aliphatic rings. The molecule has 3 N–H and O–H groups in total. The maximum Gasteiger partial charge on any atom is 0.225 e. The second-order valence-electron chi connectivity index (χ2n) is 5.49. The number of carbonyl (C=O) groups excluding carboxylic acids is 1. The van der Waals surface area contributed by atoms with Crippen LogP contribution in [0.3, 0.4) is 0 Å². The van der Waals surface area contributed by atoms with E-state index in [2.05, 4.69) is 10.4 Å². The molecule has 1 aromatic heterocycles. The summed E-state index contributed by atoms with van der Waals surface area (Å²) >= 11 is 4.96. The van der Waals surface area contributed by atoms with Crippen molar-refractivity contribution in [1.29, 1.82) is 0 Å². The van der Waals surface area contributed by atoms with E-state index in [1.807, 2.05) is 0 Å². The van der Waals surface area contributed by atoms with Gasteiger partial charge in [-0.15, -0.1) is 0 Å².